The molecule has 9 heteroatoms. The number of likely N-dealkylation sites (tertiary alicyclic amines) is 1. The molecule has 3 fully saturated rings. The third kappa shape index (κ3) is 5.76. The Balaban J connectivity index is 1.34. The van der Waals surface area contributed by atoms with E-state index in [1.54, 1.807) is 25.1 Å². The number of aryl methyl sites for hydroxylation is 1. The Morgan fingerprint density at radius 1 is 1.10 bits per heavy atom. The van der Waals surface area contributed by atoms with Gasteiger partial charge >= 0.3 is 5.97 Å². The highest BCUT2D eigenvalue weighted by Crippen LogP contribution is 2.41. The Morgan fingerprint density at radius 3 is 2.50 bits per heavy atom. The van der Waals surface area contributed by atoms with E-state index in [0.29, 0.717) is 41.1 Å². The number of amides is 2. The Bertz CT molecular complexity index is 1230. The molecule has 0 spiro atoms. The van der Waals surface area contributed by atoms with Gasteiger partial charge in [0.25, 0.3) is 0 Å². The van der Waals surface area contributed by atoms with Crippen LogP contribution in [0.25, 0.3) is 11.0 Å². The van der Waals surface area contributed by atoms with Gasteiger partial charge < -0.3 is 25.5 Å². The van der Waals surface area contributed by atoms with Crippen molar-refractivity contribution in [3.63, 3.8) is 0 Å². The zero-order valence-corrected chi connectivity index (χ0v) is 23.4. The molecule has 2 amide bonds. The summed E-state index contributed by atoms with van der Waals surface area (Å²) in [6, 6.07) is 4.44. The molecule has 1 aromatic carbocycles. The Hall–Kier alpha value is -2.94. The van der Waals surface area contributed by atoms with Gasteiger partial charge in [-0.15, -0.1) is 0 Å². The minimum Gasteiger partial charge on any atom is -0.475 e. The third-order valence-corrected chi connectivity index (χ3v) is 9.82. The number of aromatic carboxylic acids is 1. The highest BCUT2D eigenvalue weighted by Gasteiger charge is 2.47. The first-order valence-electron chi connectivity index (χ1n) is 15.0. The molecular formula is C31H42FN3O5. The minimum absolute atomic E-state index is 0.0585. The summed E-state index contributed by atoms with van der Waals surface area (Å²) in [5.41, 5.74) is 7.70. The number of benzene rings is 1. The molecule has 1 aromatic heterocycles. The van der Waals surface area contributed by atoms with Crippen molar-refractivity contribution in [2.24, 2.45) is 29.4 Å². The standard InChI is InChI=1S/C31H42FN3O5/c1-18-24-17-22(11-12-26(24)40-28(18)31(38)39)34-29(36)27-23(19-5-3-2-4-6-19)14-16-35(27)30(37)21-9-7-20(8-10-21)25(33)13-15-32/h11-12,17,19-21,23,25,27H,2-10,13-16,33H2,1H3,(H,34,36)(H,38,39)/t20-,21-,23-,25+,27-/m0/s1. The number of nitrogens with two attached hydrogens (primary N) is 1. The molecular weight excluding hydrogens is 513 g/mol. The van der Waals surface area contributed by atoms with Crippen LogP contribution in [0.4, 0.5) is 10.1 Å². The number of carboxylic acid groups (broad SMARTS) is 1. The Labute approximate surface area is 234 Å². The Morgan fingerprint density at radius 2 is 1.82 bits per heavy atom. The predicted octanol–water partition coefficient (Wildman–Crippen LogP) is 5.67. The van der Waals surface area contributed by atoms with E-state index in [1.807, 2.05) is 4.90 Å². The number of carbonyl (C=O) groups is 3. The van der Waals surface area contributed by atoms with Crippen LogP contribution in [-0.2, 0) is 9.59 Å². The van der Waals surface area contributed by atoms with E-state index in [1.165, 1.54) is 6.42 Å². The van der Waals surface area contributed by atoms with E-state index >= 15 is 0 Å². The van der Waals surface area contributed by atoms with Gasteiger partial charge in [0.15, 0.2) is 0 Å². The number of alkyl halides is 1. The number of nitrogens with one attached hydrogen (secondary N) is 1. The molecule has 3 atom stereocenters. The topological polar surface area (TPSA) is 126 Å². The second-order valence-electron chi connectivity index (χ2n) is 12.1. The van der Waals surface area contributed by atoms with Crippen LogP contribution >= 0.6 is 0 Å². The molecule has 2 aliphatic carbocycles. The molecule has 4 N–H and O–H groups in total. The second kappa shape index (κ2) is 12.3. The molecule has 2 aromatic rings. The van der Waals surface area contributed by atoms with Gasteiger partial charge in [-0.3, -0.25) is 14.0 Å². The third-order valence-electron chi connectivity index (χ3n) is 9.82. The fraction of sp³-hybridized carbons (Fsp3) is 0.645. The van der Waals surface area contributed by atoms with E-state index in [-0.39, 0.29) is 41.4 Å². The van der Waals surface area contributed by atoms with E-state index in [4.69, 9.17) is 10.2 Å². The normalized spacial score (nSPS) is 26.6. The minimum atomic E-state index is -1.13. The van der Waals surface area contributed by atoms with Gasteiger partial charge in [0.05, 0.1) is 6.67 Å². The first kappa shape index (κ1) is 28.6. The monoisotopic (exact) mass is 555 g/mol. The number of carbonyl (C=O) groups excluding carboxylic acids is 2. The lowest BCUT2D eigenvalue weighted by atomic mass is 9.76. The van der Waals surface area contributed by atoms with Gasteiger partial charge in [-0.25, -0.2) is 4.79 Å². The van der Waals surface area contributed by atoms with Gasteiger partial charge in [-0.2, -0.15) is 0 Å². The van der Waals surface area contributed by atoms with Crippen LogP contribution in [-0.4, -0.2) is 53.1 Å². The van der Waals surface area contributed by atoms with Crippen molar-refractivity contribution in [1.29, 1.82) is 0 Å². The summed E-state index contributed by atoms with van der Waals surface area (Å²) >= 11 is 0. The van der Waals surface area contributed by atoms with Gasteiger partial charge in [0, 0.05) is 35.1 Å². The zero-order chi connectivity index (χ0) is 28.4. The lowest BCUT2D eigenvalue weighted by Gasteiger charge is -2.37. The van der Waals surface area contributed by atoms with Crippen LogP contribution in [0.15, 0.2) is 22.6 Å². The van der Waals surface area contributed by atoms with Crippen LogP contribution in [0.1, 0.15) is 86.7 Å². The molecule has 5 rings (SSSR count). The first-order chi connectivity index (χ1) is 19.3. The number of halogens is 1. The fourth-order valence-corrected chi connectivity index (χ4v) is 7.56. The van der Waals surface area contributed by atoms with Crippen molar-refractivity contribution >= 4 is 34.4 Å². The SMILES string of the molecule is Cc1c(C(=O)O)oc2ccc(NC(=O)[C@@H]3[C@H](C4CCCCC4)CCN3C(=O)[C@H]3CC[C@H]([C@H](N)CCF)CC3)cc12. The maximum atomic E-state index is 13.9. The lowest BCUT2D eigenvalue weighted by molar-refractivity contribution is -0.142. The van der Waals surface area contributed by atoms with E-state index < -0.39 is 18.7 Å². The van der Waals surface area contributed by atoms with Crippen molar-refractivity contribution in [1.82, 2.24) is 4.90 Å². The first-order valence-corrected chi connectivity index (χ1v) is 15.0. The van der Waals surface area contributed by atoms with Gasteiger partial charge in [-0.05, 0) is 81.4 Å². The van der Waals surface area contributed by atoms with Crippen molar-refractivity contribution in [3.8, 4) is 0 Å². The number of anilines is 1. The largest absolute Gasteiger partial charge is 0.475 e. The van der Waals surface area contributed by atoms with Crippen molar-refractivity contribution in [3.05, 3.63) is 29.5 Å². The number of rotatable bonds is 8. The summed E-state index contributed by atoms with van der Waals surface area (Å²) in [5.74, 6) is -0.701. The molecule has 0 unspecified atom stereocenters. The number of hydrogen-bond acceptors (Lipinski definition) is 5. The van der Waals surface area contributed by atoms with Gasteiger partial charge in [0.1, 0.15) is 11.6 Å². The van der Waals surface area contributed by atoms with E-state index in [2.05, 4.69) is 5.32 Å². The molecule has 0 bridgehead atoms. The second-order valence-corrected chi connectivity index (χ2v) is 12.1. The summed E-state index contributed by atoms with van der Waals surface area (Å²) in [6.45, 7) is 1.86. The van der Waals surface area contributed by atoms with Crippen LogP contribution in [0.2, 0.25) is 0 Å². The van der Waals surface area contributed by atoms with Crippen LogP contribution in [0, 0.1) is 30.6 Å². The fourth-order valence-electron chi connectivity index (χ4n) is 7.56. The zero-order valence-electron chi connectivity index (χ0n) is 23.4. The quantitative estimate of drug-likeness (QED) is 0.385. The van der Waals surface area contributed by atoms with E-state index in [9.17, 15) is 23.9 Å². The highest BCUT2D eigenvalue weighted by molar-refractivity contribution is 6.01. The molecule has 1 saturated heterocycles. The molecule has 2 heterocycles. The van der Waals surface area contributed by atoms with E-state index in [0.717, 1.165) is 57.8 Å². The highest BCUT2D eigenvalue weighted by atomic mass is 19.1. The maximum absolute atomic E-state index is 13.9. The Kier molecular flexibility index (Phi) is 8.78. The van der Waals surface area contributed by atoms with Crippen molar-refractivity contribution in [2.75, 3.05) is 18.5 Å². The summed E-state index contributed by atoms with van der Waals surface area (Å²) in [5, 5.41) is 13.1. The summed E-state index contributed by atoms with van der Waals surface area (Å²) in [6.07, 6.45) is 10.00. The summed E-state index contributed by atoms with van der Waals surface area (Å²) in [4.78, 5) is 41.2. The van der Waals surface area contributed by atoms with Crippen molar-refractivity contribution < 1.29 is 28.3 Å². The number of carboxylic acids is 1. The maximum Gasteiger partial charge on any atom is 0.372 e. The number of furan rings is 1. The number of nitrogens with zero attached hydrogens (tertiary/aromatic N) is 1. The molecule has 218 valence electrons. The average Bonchev–Trinajstić information content (AvgIpc) is 3.55. The molecule has 40 heavy (non-hydrogen) atoms. The lowest BCUT2D eigenvalue weighted by Crippen LogP contribution is -2.50. The molecule has 1 aliphatic heterocycles. The summed E-state index contributed by atoms with van der Waals surface area (Å²) < 4.78 is 18.3. The number of hydrogen-bond donors (Lipinski definition) is 3. The van der Waals surface area contributed by atoms with Crippen molar-refractivity contribution in [2.45, 2.75) is 89.6 Å². The molecule has 2 saturated carbocycles. The molecule has 0 radical (unpaired) electrons. The number of fused-ring (bicyclic) bond motifs is 1. The smallest absolute Gasteiger partial charge is 0.372 e. The molecule has 3 aliphatic rings. The van der Waals surface area contributed by atoms with Gasteiger partial charge in [0.2, 0.25) is 17.6 Å². The van der Waals surface area contributed by atoms with Crippen LogP contribution in [0.3, 0.4) is 0 Å². The van der Waals surface area contributed by atoms with Crippen LogP contribution < -0.4 is 11.1 Å². The van der Waals surface area contributed by atoms with Gasteiger partial charge in [-0.1, -0.05) is 32.1 Å². The predicted molar refractivity (Wildman–Crippen MR) is 151 cm³/mol. The van der Waals surface area contributed by atoms with Crippen LogP contribution in [0.5, 0.6) is 0 Å². The summed E-state index contributed by atoms with van der Waals surface area (Å²) in [7, 11) is 0. The molecule has 8 nitrogen and oxygen atoms in total. The average molecular weight is 556 g/mol.